The number of imidazole rings is 1. The lowest BCUT2D eigenvalue weighted by Gasteiger charge is -2.07. The molecule has 0 fully saturated rings. The molecule has 3 aromatic rings. The van der Waals surface area contributed by atoms with E-state index in [-0.39, 0.29) is 18.3 Å². The van der Waals surface area contributed by atoms with Gasteiger partial charge in [-0.05, 0) is 46.6 Å². The second-order valence-corrected chi connectivity index (χ2v) is 5.92. The third-order valence-electron chi connectivity index (χ3n) is 3.53. The van der Waals surface area contributed by atoms with Gasteiger partial charge in [0.15, 0.2) is 0 Å². The Morgan fingerprint density at radius 2 is 1.87 bits per heavy atom. The number of aromatic amines is 1. The lowest BCUT2D eigenvalue weighted by atomic mass is 10.2. The standard InChI is InChI=1S/C17H15BrN2O3/c18-13-7-2-1-6-12(13)16(21)23-11-5-10-20-15-9-4-3-8-14(15)19-17(20)22/h1-4,6-9H,5,10-11H2,(H,19,22). The quantitative estimate of drug-likeness (QED) is 0.550. The van der Waals surface area contributed by atoms with Gasteiger partial charge in [0.25, 0.3) is 0 Å². The van der Waals surface area contributed by atoms with Crippen molar-refractivity contribution in [2.45, 2.75) is 13.0 Å². The maximum atomic E-state index is 12.0. The number of halogens is 1. The maximum absolute atomic E-state index is 12.0. The largest absolute Gasteiger partial charge is 0.462 e. The molecule has 3 rings (SSSR count). The first-order valence-corrected chi connectivity index (χ1v) is 8.05. The number of aromatic nitrogens is 2. The summed E-state index contributed by atoms with van der Waals surface area (Å²) in [5.41, 5.74) is 2.01. The van der Waals surface area contributed by atoms with E-state index in [0.29, 0.717) is 23.0 Å². The molecule has 6 heteroatoms. The molecule has 0 radical (unpaired) electrons. The van der Waals surface area contributed by atoms with Crippen LogP contribution in [0, 0.1) is 0 Å². The van der Waals surface area contributed by atoms with E-state index in [2.05, 4.69) is 20.9 Å². The van der Waals surface area contributed by atoms with Gasteiger partial charge in [0, 0.05) is 11.0 Å². The zero-order valence-electron chi connectivity index (χ0n) is 12.3. The minimum atomic E-state index is -0.372. The highest BCUT2D eigenvalue weighted by atomic mass is 79.9. The number of para-hydroxylation sites is 2. The van der Waals surface area contributed by atoms with Crippen molar-refractivity contribution in [2.24, 2.45) is 0 Å². The van der Waals surface area contributed by atoms with Gasteiger partial charge in [0.05, 0.1) is 23.2 Å². The van der Waals surface area contributed by atoms with Crippen molar-refractivity contribution in [3.8, 4) is 0 Å². The number of nitrogens with one attached hydrogen (secondary N) is 1. The number of fused-ring (bicyclic) bond motifs is 1. The lowest BCUT2D eigenvalue weighted by Crippen LogP contribution is -2.18. The summed E-state index contributed by atoms with van der Waals surface area (Å²) in [7, 11) is 0. The first kappa shape index (κ1) is 15.6. The van der Waals surface area contributed by atoms with Gasteiger partial charge in [0.2, 0.25) is 0 Å². The number of carbonyl (C=O) groups is 1. The topological polar surface area (TPSA) is 64.1 Å². The Labute approximate surface area is 141 Å². The number of hydrogen-bond donors (Lipinski definition) is 1. The summed E-state index contributed by atoms with van der Waals surface area (Å²) in [6.07, 6.45) is 0.567. The smallest absolute Gasteiger partial charge is 0.339 e. The van der Waals surface area contributed by atoms with Gasteiger partial charge in [-0.2, -0.15) is 0 Å². The predicted octanol–water partition coefficient (Wildman–Crippen LogP) is 3.34. The summed E-state index contributed by atoms with van der Waals surface area (Å²) >= 11 is 3.32. The van der Waals surface area contributed by atoms with Crippen LogP contribution in [0.25, 0.3) is 11.0 Å². The molecule has 0 unspecified atom stereocenters. The van der Waals surface area contributed by atoms with Gasteiger partial charge in [0.1, 0.15) is 0 Å². The van der Waals surface area contributed by atoms with Gasteiger partial charge in [-0.1, -0.05) is 24.3 Å². The molecule has 0 atom stereocenters. The van der Waals surface area contributed by atoms with Crippen molar-refractivity contribution in [1.82, 2.24) is 9.55 Å². The highest BCUT2D eigenvalue weighted by Gasteiger charge is 2.11. The SMILES string of the molecule is O=C(OCCCn1c(=O)[nH]c2ccccc21)c1ccccc1Br. The van der Waals surface area contributed by atoms with Crippen LogP contribution in [0.15, 0.2) is 57.8 Å². The van der Waals surface area contributed by atoms with Crippen LogP contribution in [-0.2, 0) is 11.3 Å². The molecule has 1 aromatic heterocycles. The number of ether oxygens (including phenoxy) is 1. The zero-order chi connectivity index (χ0) is 16.2. The summed E-state index contributed by atoms with van der Waals surface area (Å²) in [6.45, 7) is 0.748. The maximum Gasteiger partial charge on any atom is 0.339 e. The molecule has 0 saturated carbocycles. The van der Waals surface area contributed by atoms with E-state index in [1.165, 1.54) is 0 Å². The molecule has 0 aliphatic rings. The molecule has 23 heavy (non-hydrogen) atoms. The second kappa shape index (κ2) is 6.83. The summed E-state index contributed by atoms with van der Waals surface area (Å²) < 4.78 is 7.63. The highest BCUT2D eigenvalue weighted by Crippen LogP contribution is 2.17. The molecule has 0 spiro atoms. The fourth-order valence-electron chi connectivity index (χ4n) is 2.42. The molecule has 0 aliphatic carbocycles. The Balaban J connectivity index is 1.59. The van der Waals surface area contributed by atoms with Crippen molar-refractivity contribution < 1.29 is 9.53 Å². The van der Waals surface area contributed by atoms with E-state index in [1.54, 1.807) is 22.8 Å². The number of nitrogens with zero attached hydrogens (tertiary/aromatic N) is 1. The first-order chi connectivity index (χ1) is 11.2. The average Bonchev–Trinajstić information content (AvgIpc) is 2.87. The molecule has 0 saturated heterocycles. The number of benzene rings is 2. The molecule has 1 N–H and O–H groups in total. The van der Waals surface area contributed by atoms with Gasteiger partial charge in [-0.25, -0.2) is 9.59 Å². The fourth-order valence-corrected chi connectivity index (χ4v) is 2.87. The number of esters is 1. The van der Waals surface area contributed by atoms with E-state index in [4.69, 9.17) is 4.74 Å². The molecule has 0 amide bonds. The van der Waals surface area contributed by atoms with Crippen LogP contribution in [0.3, 0.4) is 0 Å². The van der Waals surface area contributed by atoms with Crippen LogP contribution in [0.1, 0.15) is 16.8 Å². The summed E-state index contributed by atoms with van der Waals surface area (Å²) in [6, 6.07) is 14.6. The Bertz CT molecular complexity index is 898. The molecule has 0 bridgehead atoms. The van der Waals surface area contributed by atoms with Crippen LogP contribution in [0.4, 0.5) is 0 Å². The minimum Gasteiger partial charge on any atom is -0.462 e. The van der Waals surface area contributed by atoms with Crippen LogP contribution in [0.5, 0.6) is 0 Å². The molecule has 5 nitrogen and oxygen atoms in total. The van der Waals surface area contributed by atoms with Gasteiger partial charge in [-0.15, -0.1) is 0 Å². The number of aryl methyl sites for hydroxylation is 1. The number of rotatable bonds is 5. The van der Waals surface area contributed by atoms with Gasteiger partial charge < -0.3 is 9.72 Å². The summed E-state index contributed by atoms with van der Waals surface area (Å²) in [5.74, 6) is -0.372. The van der Waals surface area contributed by atoms with E-state index in [0.717, 1.165) is 11.0 Å². The van der Waals surface area contributed by atoms with Crippen molar-refractivity contribution in [3.05, 3.63) is 69.1 Å². The fraction of sp³-hybridized carbons (Fsp3) is 0.176. The monoisotopic (exact) mass is 374 g/mol. The van der Waals surface area contributed by atoms with Crippen molar-refractivity contribution in [1.29, 1.82) is 0 Å². The van der Waals surface area contributed by atoms with Crippen LogP contribution < -0.4 is 5.69 Å². The van der Waals surface area contributed by atoms with Crippen molar-refractivity contribution >= 4 is 32.9 Å². The van der Waals surface area contributed by atoms with E-state index in [1.807, 2.05) is 30.3 Å². The molecule has 1 heterocycles. The number of H-pyrrole nitrogens is 1. The van der Waals surface area contributed by atoms with Crippen molar-refractivity contribution in [3.63, 3.8) is 0 Å². The average molecular weight is 375 g/mol. The highest BCUT2D eigenvalue weighted by molar-refractivity contribution is 9.10. The molecule has 118 valence electrons. The third kappa shape index (κ3) is 3.37. The predicted molar refractivity (Wildman–Crippen MR) is 91.6 cm³/mol. The van der Waals surface area contributed by atoms with Crippen molar-refractivity contribution in [2.75, 3.05) is 6.61 Å². The normalized spacial score (nSPS) is 10.8. The molecule has 0 aliphatic heterocycles. The van der Waals surface area contributed by atoms with E-state index < -0.39 is 0 Å². The third-order valence-corrected chi connectivity index (χ3v) is 4.23. The lowest BCUT2D eigenvalue weighted by molar-refractivity contribution is 0.0495. The minimum absolute atomic E-state index is 0.150. The summed E-state index contributed by atoms with van der Waals surface area (Å²) in [5, 5.41) is 0. The van der Waals surface area contributed by atoms with Crippen LogP contribution >= 0.6 is 15.9 Å². The van der Waals surface area contributed by atoms with E-state index in [9.17, 15) is 9.59 Å². The molecular weight excluding hydrogens is 360 g/mol. The van der Waals surface area contributed by atoms with Crippen LogP contribution in [0.2, 0.25) is 0 Å². The zero-order valence-corrected chi connectivity index (χ0v) is 13.9. The van der Waals surface area contributed by atoms with Gasteiger partial charge >= 0.3 is 11.7 Å². The molecular formula is C17H15BrN2O3. The first-order valence-electron chi connectivity index (χ1n) is 7.26. The summed E-state index contributed by atoms with van der Waals surface area (Å²) in [4.78, 5) is 26.7. The van der Waals surface area contributed by atoms with E-state index >= 15 is 0 Å². The number of hydrogen-bond acceptors (Lipinski definition) is 3. The Kier molecular flexibility index (Phi) is 4.62. The molecule has 2 aromatic carbocycles. The number of carbonyl (C=O) groups excluding carboxylic acids is 1. The van der Waals surface area contributed by atoms with Crippen LogP contribution in [-0.4, -0.2) is 22.1 Å². The Morgan fingerprint density at radius 1 is 1.13 bits per heavy atom. The second-order valence-electron chi connectivity index (χ2n) is 5.07. The Hall–Kier alpha value is -2.34. The Morgan fingerprint density at radius 3 is 2.70 bits per heavy atom. The van der Waals surface area contributed by atoms with Gasteiger partial charge in [-0.3, -0.25) is 4.57 Å².